The number of halogens is 2. The van der Waals surface area contributed by atoms with Crippen molar-refractivity contribution in [1.29, 1.82) is 0 Å². The standard InChI is InChI=1S/C7H4Br2O3/c8-3-1-2-4(9)6(10)5(3)7(11)12/h1-2,10H,(H,11,12)/p-1. The van der Waals surface area contributed by atoms with Gasteiger partial charge in [0.1, 0.15) is 0 Å². The van der Waals surface area contributed by atoms with Gasteiger partial charge in [-0.2, -0.15) is 0 Å². The molecule has 0 fully saturated rings. The summed E-state index contributed by atoms with van der Waals surface area (Å²) in [5.41, 5.74) is -0.246. The summed E-state index contributed by atoms with van der Waals surface area (Å²) in [5, 5.41) is 19.8. The highest BCUT2D eigenvalue weighted by Gasteiger charge is 2.09. The summed E-state index contributed by atoms with van der Waals surface area (Å²) in [6, 6.07) is 3.01. The van der Waals surface area contributed by atoms with Gasteiger partial charge in [0, 0.05) is 8.95 Å². The van der Waals surface area contributed by atoms with Crippen molar-refractivity contribution < 1.29 is 15.0 Å². The van der Waals surface area contributed by atoms with E-state index < -0.39 is 11.7 Å². The third-order valence-corrected chi connectivity index (χ3v) is 2.56. The van der Waals surface area contributed by atoms with Gasteiger partial charge in [0.15, 0.2) is 0 Å². The van der Waals surface area contributed by atoms with E-state index in [1.165, 1.54) is 12.1 Å². The molecule has 0 saturated heterocycles. The summed E-state index contributed by atoms with van der Waals surface area (Å²) in [4.78, 5) is 10.5. The molecule has 3 nitrogen and oxygen atoms in total. The van der Waals surface area contributed by atoms with Gasteiger partial charge in [-0.3, -0.25) is 0 Å². The quantitative estimate of drug-likeness (QED) is 0.861. The maximum atomic E-state index is 11.2. The molecule has 0 aliphatic rings. The first-order chi connectivity index (χ1) is 5.54. The fraction of sp³-hybridized carbons (Fsp3) is 0. The van der Waals surface area contributed by atoms with Gasteiger partial charge in [-0.1, -0.05) is 21.7 Å². The largest absolute Gasteiger partial charge is 0.871 e. The fourth-order valence-corrected chi connectivity index (χ4v) is 1.54. The molecule has 0 radical (unpaired) electrons. The molecule has 0 heterocycles. The number of carbonyl (C=O) groups is 1. The predicted molar refractivity (Wildman–Crippen MR) is 48.2 cm³/mol. The van der Waals surface area contributed by atoms with Crippen LogP contribution < -0.4 is 5.11 Å². The molecule has 0 atom stereocenters. The number of rotatable bonds is 1. The first-order valence-electron chi connectivity index (χ1n) is 2.92. The molecule has 0 aromatic heterocycles. The summed E-state index contributed by atoms with van der Waals surface area (Å²) in [6.07, 6.45) is 0. The fourth-order valence-electron chi connectivity index (χ4n) is 0.732. The Hall–Kier alpha value is -0.550. The minimum absolute atomic E-state index is 0.246. The molecule has 0 spiro atoms. The Bertz CT molecular complexity index is 336. The van der Waals surface area contributed by atoms with Crippen LogP contribution in [0.2, 0.25) is 0 Å². The van der Waals surface area contributed by atoms with Crippen LogP contribution >= 0.6 is 31.9 Å². The maximum Gasteiger partial charge on any atom is 0.336 e. The Morgan fingerprint density at radius 2 is 1.83 bits per heavy atom. The maximum absolute atomic E-state index is 11.2. The second kappa shape index (κ2) is 3.45. The third-order valence-electron chi connectivity index (χ3n) is 1.27. The lowest BCUT2D eigenvalue weighted by molar-refractivity contribution is -0.270. The average molecular weight is 295 g/mol. The molecular formula is C7H3Br2O3-. The van der Waals surface area contributed by atoms with E-state index in [-0.39, 0.29) is 10.0 Å². The molecule has 0 aliphatic heterocycles. The summed E-state index contributed by atoms with van der Waals surface area (Å²) in [7, 11) is 0. The minimum Gasteiger partial charge on any atom is -0.871 e. The van der Waals surface area contributed by atoms with Crippen LogP contribution in [0.5, 0.6) is 5.75 Å². The Labute approximate surface area is 85.3 Å². The van der Waals surface area contributed by atoms with Gasteiger partial charge < -0.3 is 10.2 Å². The Kier molecular flexibility index (Phi) is 2.74. The molecule has 1 N–H and O–H groups in total. The monoisotopic (exact) mass is 293 g/mol. The summed E-state index contributed by atoms with van der Waals surface area (Å²) < 4.78 is 0.548. The summed E-state index contributed by atoms with van der Waals surface area (Å²) in [6.45, 7) is 0. The van der Waals surface area contributed by atoms with E-state index >= 15 is 0 Å². The van der Waals surface area contributed by atoms with Crippen LogP contribution in [0, 0.1) is 0 Å². The zero-order chi connectivity index (χ0) is 9.30. The van der Waals surface area contributed by atoms with Crippen LogP contribution in [-0.2, 0) is 0 Å². The number of aromatic carboxylic acids is 1. The van der Waals surface area contributed by atoms with Crippen molar-refractivity contribution in [1.82, 2.24) is 0 Å². The number of carboxylic acids is 1. The lowest BCUT2D eigenvalue weighted by atomic mass is 10.2. The van der Waals surface area contributed by atoms with E-state index in [0.717, 1.165) is 0 Å². The SMILES string of the molecule is O=C(O)c1c(Br)ccc(Br)c1[O-]. The first-order valence-corrected chi connectivity index (χ1v) is 4.51. The van der Waals surface area contributed by atoms with Crippen LogP contribution in [0.1, 0.15) is 10.4 Å². The van der Waals surface area contributed by atoms with Crippen LogP contribution in [0.4, 0.5) is 0 Å². The topological polar surface area (TPSA) is 60.4 Å². The molecule has 0 bridgehead atoms. The zero-order valence-corrected chi connectivity index (χ0v) is 8.85. The molecular weight excluding hydrogens is 292 g/mol. The van der Waals surface area contributed by atoms with Crippen molar-refractivity contribution in [3.8, 4) is 5.75 Å². The summed E-state index contributed by atoms with van der Waals surface area (Å²) in [5.74, 6) is -1.75. The van der Waals surface area contributed by atoms with Crippen LogP contribution in [-0.4, -0.2) is 11.1 Å². The van der Waals surface area contributed by atoms with Crippen molar-refractivity contribution in [3.05, 3.63) is 26.6 Å². The van der Waals surface area contributed by atoms with E-state index in [9.17, 15) is 9.90 Å². The predicted octanol–water partition coefficient (Wildman–Crippen LogP) is 1.98. The van der Waals surface area contributed by atoms with E-state index in [4.69, 9.17) is 5.11 Å². The molecule has 0 unspecified atom stereocenters. The average Bonchev–Trinajstić information content (AvgIpc) is 1.97. The molecule has 64 valence electrons. The lowest BCUT2D eigenvalue weighted by Gasteiger charge is -2.13. The van der Waals surface area contributed by atoms with Crippen LogP contribution in [0.15, 0.2) is 21.1 Å². The molecule has 0 saturated carbocycles. The van der Waals surface area contributed by atoms with Gasteiger partial charge in [0.05, 0.1) is 5.56 Å². The number of hydrogen-bond acceptors (Lipinski definition) is 2. The Morgan fingerprint density at radius 3 is 2.25 bits per heavy atom. The second-order valence-electron chi connectivity index (χ2n) is 2.04. The second-order valence-corrected chi connectivity index (χ2v) is 3.75. The van der Waals surface area contributed by atoms with Gasteiger partial charge in [0.25, 0.3) is 0 Å². The highest BCUT2D eigenvalue weighted by Crippen LogP contribution is 2.30. The van der Waals surface area contributed by atoms with Gasteiger partial charge in [-0.15, -0.1) is 0 Å². The van der Waals surface area contributed by atoms with Gasteiger partial charge in [-0.25, -0.2) is 4.79 Å². The lowest BCUT2D eigenvalue weighted by Crippen LogP contribution is -2.05. The highest BCUT2D eigenvalue weighted by atomic mass is 79.9. The van der Waals surface area contributed by atoms with Gasteiger partial charge >= 0.3 is 5.97 Å². The smallest absolute Gasteiger partial charge is 0.336 e. The number of benzene rings is 1. The van der Waals surface area contributed by atoms with E-state index in [0.29, 0.717) is 4.47 Å². The van der Waals surface area contributed by atoms with Crippen molar-refractivity contribution in [2.24, 2.45) is 0 Å². The molecule has 1 aromatic carbocycles. The van der Waals surface area contributed by atoms with Gasteiger partial charge in [0.2, 0.25) is 0 Å². The summed E-state index contributed by atoms with van der Waals surface area (Å²) >= 11 is 5.93. The van der Waals surface area contributed by atoms with E-state index in [1.54, 1.807) is 0 Å². The minimum atomic E-state index is -1.23. The van der Waals surface area contributed by atoms with Gasteiger partial charge in [-0.05, 0) is 28.1 Å². The van der Waals surface area contributed by atoms with Crippen molar-refractivity contribution in [2.75, 3.05) is 0 Å². The van der Waals surface area contributed by atoms with Crippen LogP contribution in [0.25, 0.3) is 0 Å². The van der Waals surface area contributed by atoms with Crippen molar-refractivity contribution >= 4 is 37.8 Å². The van der Waals surface area contributed by atoms with E-state index in [1.807, 2.05) is 0 Å². The number of hydrogen-bond donors (Lipinski definition) is 1. The Morgan fingerprint density at radius 1 is 1.33 bits per heavy atom. The first kappa shape index (κ1) is 9.54. The van der Waals surface area contributed by atoms with Crippen LogP contribution in [0.3, 0.4) is 0 Å². The van der Waals surface area contributed by atoms with Crippen molar-refractivity contribution in [2.45, 2.75) is 0 Å². The highest BCUT2D eigenvalue weighted by molar-refractivity contribution is 9.11. The molecule has 12 heavy (non-hydrogen) atoms. The normalized spacial score (nSPS) is 9.83. The van der Waals surface area contributed by atoms with E-state index in [2.05, 4.69) is 31.9 Å². The molecule has 0 amide bonds. The molecule has 0 aliphatic carbocycles. The zero-order valence-electron chi connectivity index (χ0n) is 5.67. The molecule has 1 aromatic rings. The molecule has 5 heteroatoms. The molecule has 1 rings (SSSR count). The van der Waals surface area contributed by atoms with Crippen molar-refractivity contribution in [3.63, 3.8) is 0 Å². The number of carboxylic acid groups (broad SMARTS) is 1. The third kappa shape index (κ3) is 1.61. The Balaban J connectivity index is 3.43.